The number of fused-ring (bicyclic) bond motifs is 1. The van der Waals surface area contributed by atoms with E-state index in [1.807, 2.05) is 24.3 Å². The first kappa shape index (κ1) is 11.9. The van der Waals surface area contributed by atoms with Gasteiger partial charge in [0.05, 0.1) is 23.8 Å². The molecule has 2 aromatic heterocycles. The normalized spacial score (nSPS) is 12.0. The molecule has 0 fully saturated rings. The summed E-state index contributed by atoms with van der Waals surface area (Å²) in [5, 5.41) is 6.05. The molecule has 0 saturated heterocycles. The average Bonchev–Trinajstić information content (AvgIpc) is 3.05. The molecule has 98 valence electrons. The monoisotopic (exact) mass is 277 g/mol. The maximum absolute atomic E-state index is 11.9. The molecule has 7 nitrogen and oxygen atoms in total. The Labute approximate surface area is 109 Å². The lowest BCUT2D eigenvalue weighted by Gasteiger charge is -2.01. The maximum atomic E-state index is 11.9. The molecule has 1 aromatic carbocycles. The van der Waals surface area contributed by atoms with Gasteiger partial charge in [-0.1, -0.05) is 12.1 Å². The summed E-state index contributed by atoms with van der Waals surface area (Å²) in [7, 11) is -3.58. The topological polar surface area (TPSA) is 104 Å². The Morgan fingerprint density at radius 1 is 1.21 bits per heavy atom. The number of imidazole rings is 1. The highest BCUT2D eigenvalue weighted by molar-refractivity contribution is 7.89. The zero-order valence-electron chi connectivity index (χ0n) is 9.79. The maximum Gasteiger partial charge on any atom is 0.257 e. The molecule has 3 rings (SSSR count). The van der Waals surface area contributed by atoms with Gasteiger partial charge in [-0.25, -0.2) is 18.1 Å². The zero-order chi connectivity index (χ0) is 13.3. The van der Waals surface area contributed by atoms with Crippen LogP contribution in [0.3, 0.4) is 0 Å². The van der Waals surface area contributed by atoms with Crippen LogP contribution in [0.2, 0.25) is 0 Å². The number of aromatic amines is 2. The molecule has 0 unspecified atom stereocenters. The number of hydrogen-bond donors (Lipinski definition) is 3. The van der Waals surface area contributed by atoms with Crippen LogP contribution >= 0.6 is 0 Å². The van der Waals surface area contributed by atoms with Gasteiger partial charge in [0.2, 0.25) is 0 Å². The summed E-state index contributed by atoms with van der Waals surface area (Å²) in [6.07, 6.45) is 1.38. The highest BCUT2D eigenvalue weighted by Crippen LogP contribution is 2.10. The molecule has 0 bridgehead atoms. The van der Waals surface area contributed by atoms with Crippen molar-refractivity contribution < 1.29 is 8.42 Å². The largest absolute Gasteiger partial charge is 0.341 e. The SMILES string of the molecule is O=S(=O)(NCc1nc2ccccc2[nH]1)c1ccn[nH]1. The van der Waals surface area contributed by atoms with Crippen LogP contribution in [-0.2, 0) is 16.6 Å². The van der Waals surface area contributed by atoms with Crippen molar-refractivity contribution in [3.8, 4) is 0 Å². The minimum atomic E-state index is -3.58. The Morgan fingerprint density at radius 3 is 2.79 bits per heavy atom. The number of para-hydroxylation sites is 2. The fourth-order valence-corrected chi connectivity index (χ4v) is 2.62. The number of nitrogens with one attached hydrogen (secondary N) is 3. The molecular formula is C11H11N5O2S. The van der Waals surface area contributed by atoms with E-state index in [0.717, 1.165) is 11.0 Å². The van der Waals surface area contributed by atoms with Crippen LogP contribution in [-0.4, -0.2) is 28.6 Å². The van der Waals surface area contributed by atoms with Gasteiger partial charge in [-0.05, 0) is 18.2 Å². The molecule has 0 aliphatic carbocycles. The van der Waals surface area contributed by atoms with Crippen LogP contribution in [0.15, 0.2) is 41.6 Å². The predicted octanol–water partition coefficient (Wildman–Crippen LogP) is 0.764. The zero-order valence-corrected chi connectivity index (χ0v) is 10.6. The smallest absolute Gasteiger partial charge is 0.257 e. The molecule has 2 heterocycles. The first-order valence-electron chi connectivity index (χ1n) is 5.58. The van der Waals surface area contributed by atoms with E-state index in [1.165, 1.54) is 12.3 Å². The van der Waals surface area contributed by atoms with Crippen LogP contribution in [0.25, 0.3) is 11.0 Å². The lowest BCUT2D eigenvalue weighted by molar-refractivity contribution is 0.575. The van der Waals surface area contributed by atoms with Crippen molar-refractivity contribution in [2.24, 2.45) is 0 Å². The van der Waals surface area contributed by atoms with E-state index in [2.05, 4.69) is 24.9 Å². The Morgan fingerprint density at radius 2 is 2.05 bits per heavy atom. The van der Waals surface area contributed by atoms with E-state index < -0.39 is 10.0 Å². The van der Waals surface area contributed by atoms with Crippen LogP contribution in [0.4, 0.5) is 0 Å². The third kappa shape index (κ3) is 2.35. The third-order valence-electron chi connectivity index (χ3n) is 2.63. The van der Waals surface area contributed by atoms with Crippen molar-refractivity contribution in [3.63, 3.8) is 0 Å². The molecule has 0 saturated carbocycles. The summed E-state index contributed by atoms with van der Waals surface area (Å²) in [6.45, 7) is 0.0933. The Kier molecular flexibility index (Phi) is 2.80. The molecule has 0 aliphatic heterocycles. The predicted molar refractivity (Wildman–Crippen MR) is 68.7 cm³/mol. The highest BCUT2D eigenvalue weighted by atomic mass is 32.2. The number of rotatable bonds is 4. The van der Waals surface area contributed by atoms with Gasteiger partial charge in [0.1, 0.15) is 5.82 Å². The lowest BCUT2D eigenvalue weighted by atomic mass is 10.3. The van der Waals surface area contributed by atoms with Crippen molar-refractivity contribution in [3.05, 3.63) is 42.4 Å². The molecule has 3 N–H and O–H groups in total. The van der Waals surface area contributed by atoms with E-state index >= 15 is 0 Å². The fraction of sp³-hybridized carbons (Fsp3) is 0.0909. The molecular weight excluding hydrogens is 266 g/mol. The lowest BCUT2D eigenvalue weighted by Crippen LogP contribution is -2.24. The molecule has 3 aromatic rings. The van der Waals surface area contributed by atoms with Gasteiger partial charge >= 0.3 is 0 Å². The molecule has 0 atom stereocenters. The Bertz CT molecular complexity index is 758. The van der Waals surface area contributed by atoms with Crippen molar-refractivity contribution in [1.82, 2.24) is 24.9 Å². The Hall–Kier alpha value is -2.19. The summed E-state index contributed by atoms with van der Waals surface area (Å²) in [4.78, 5) is 7.34. The summed E-state index contributed by atoms with van der Waals surface area (Å²) in [5.74, 6) is 0.560. The summed E-state index contributed by atoms with van der Waals surface area (Å²) in [5.41, 5.74) is 1.68. The van der Waals surface area contributed by atoms with Crippen molar-refractivity contribution >= 4 is 21.1 Å². The number of aromatic nitrogens is 4. The molecule has 0 radical (unpaired) electrons. The van der Waals surface area contributed by atoms with E-state index in [4.69, 9.17) is 0 Å². The van der Waals surface area contributed by atoms with Gasteiger partial charge < -0.3 is 4.98 Å². The summed E-state index contributed by atoms with van der Waals surface area (Å²) in [6, 6.07) is 8.90. The number of hydrogen-bond acceptors (Lipinski definition) is 4. The quantitative estimate of drug-likeness (QED) is 0.655. The van der Waals surface area contributed by atoms with Gasteiger partial charge in [0, 0.05) is 0 Å². The Balaban J connectivity index is 1.79. The summed E-state index contributed by atoms with van der Waals surface area (Å²) < 4.78 is 26.2. The van der Waals surface area contributed by atoms with Crippen LogP contribution < -0.4 is 4.72 Å². The van der Waals surface area contributed by atoms with Gasteiger partial charge in [0.25, 0.3) is 10.0 Å². The van der Waals surface area contributed by atoms with Gasteiger partial charge in [-0.2, -0.15) is 5.10 Å². The van der Waals surface area contributed by atoms with Crippen molar-refractivity contribution in [2.45, 2.75) is 11.6 Å². The van der Waals surface area contributed by atoms with Gasteiger partial charge in [0.15, 0.2) is 5.03 Å². The average molecular weight is 277 g/mol. The third-order valence-corrected chi connectivity index (χ3v) is 3.96. The number of H-pyrrole nitrogens is 2. The fourth-order valence-electron chi connectivity index (χ4n) is 1.72. The van der Waals surface area contributed by atoms with E-state index in [0.29, 0.717) is 5.82 Å². The number of sulfonamides is 1. The van der Waals surface area contributed by atoms with Gasteiger partial charge in [-0.15, -0.1) is 0 Å². The number of nitrogens with zero attached hydrogens (tertiary/aromatic N) is 2. The minimum absolute atomic E-state index is 0.0311. The molecule has 0 aliphatic rings. The van der Waals surface area contributed by atoms with Crippen LogP contribution in [0.5, 0.6) is 0 Å². The second-order valence-corrected chi connectivity index (χ2v) is 5.68. The van der Waals surface area contributed by atoms with Crippen LogP contribution in [0, 0.1) is 0 Å². The molecule has 19 heavy (non-hydrogen) atoms. The first-order chi connectivity index (χ1) is 9.15. The van der Waals surface area contributed by atoms with E-state index in [9.17, 15) is 8.42 Å². The second kappa shape index (κ2) is 4.48. The van der Waals surface area contributed by atoms with Crippen molar-refractivity contribution in [1.29, 1.82) is 0 Å². The van der Waals surface area contributed by atoms with Crippen molar-refractivity contribution in [2.75, 3.05) is 0 Å². The van der Waals surface area contributed by atoms with E-state index in [-0.39, 0.29) is 11.6 Å². The van der Waals surface area contributed by atoms with Gasteiger partial charge in [-0.3, -0.25) is 5.10 Å². The molecule has 8 heteroatoms. The standard InChI is InChI=1S/C11H11N5O2S/c17-19(18,11-5-6-12-16-11)13-7-10-14-8-3-1-2-4-9(8)15-10/h1-6,13H,7H2,(H,12,16)(H,14,15). The number of benzene rings is 1. The minimum Gasteiger partial charge on any atom is -0.341 e. The van der Waals surface area contributed by atoms with Crippen LogP contribution in [0.1, 0.15) is 5.82 Å². The molecule has 0 amide bonds. The second-order valence-electron chi connectivity index (χ2n) is 3.95. The highest BCUT2D eigenvalue weighted by Gasteiger charge is 2.15. The molecule has 0 spiro atoms. The first-order valence-corrected chi connectivity index (χ1v) is 7.06. The van der Waals surface area contributed by atoms with E-state index in [1.54, 1.807) is 0 Å². The summed E-state index contributed by atoms with van der Waals surface area (Å²) >= 11 is 0.